The van der Waals surface area contributed by atoms with Gasteiger partial charge in [0.05, 0.1) is 11.8 Å². The van der Waals surface area contributed by atoms with Gasteiger partial charge in [0.1, 0.15) is 16.9 Å². The van der Waals surface area contributed by atoms with Crippen molar-refractivity contribution in [1.82, 2.24) is 19.7 Å². The highest BCUT2D eigenvalue weighted by Gasteiger charge is 2.18. The molecular formula is C13H19N5O. The minimum atomic E-state index is 0.291. The number of rotatable bonds is 3. The molecule has 3 heterocycles. The van der Waals surface area contributed by atoms with Crippen LogP contribution in [0.25, 0.3) is 11.0 Å². The molecule has 2 aromatic heterocycles. The molecule has 1 saturated heterocycles. The average Bonchev–Trinajstić information content (AvgIpc) is 2.96. The summed E-state index contributed by atoms with van der Waals surface area (Å²) >= 11 is 0. The van der Waals surface area contributed by atoms with Gasteiger partial charge in [-0.25, -0.2) is 9.97 Å². The van der Waals surface area contributed by atoms with Crippen LogP contribution in [0.5, 0.6) is 0 Å². The second-order valence-electron chi connectivity index (χ2n) is 5.04. The lowest BCUT2D eigenvalue weighted by molar-refractivity contribution is 0.120. The molecular weight excluding hydrogens is 242 g/mol. The van der Waals surface area contributed by atoms with E-state index in [-0.39, 0.29) is 0 Å². The minimum absolute atomic E-state index is 0.291. The predicted octanol–water partition coefficient (Wildman–Crippen LogP) is 1.57. The third-order valence-electron chi connectivity index (χ3n) is 3.48. The number of ether oxygens (including phenoxy) is 1. The minimum Gasteiger partial charge on any atom is -0.376 e. The summed E-state index contributed by atoms with van der Waals surface area (Å²) in [6, 6.07) is 0. The maximum absolute atomic E-state index is 5.62. The lowest BCUT2D eigenvalue weighted by Crippen LogP contribution is -2.19. The number of nitrogens with zero attached hydrogens (tertiary/aromatic N) is 4. The van der Waals surface area contributed by atoms with Crippen LogP contribution in [0.1, 0.15) is 24.4 Å². The normalized spacial score (nSPS) is 19.2. The Labute approximate surface area is 112 Å². The summed E-state index contributed by atoms with van der Waals surface area (Å²) in [5.74, 6) is 1.61. The Bertz CT molecular complexity index is 601. The summed E-state index contributed by atoms with van der Waals surface area (Å²) in [7, 11) is 1.92. The van der Waals surface area contributed by atoms with E-state index >= 15 is 0 Å². The fourth-order valence-corrected chi connectivity index (χ4v) is 2.59. The highest BCUT2D eigenvalue weighted by atomic mass is 16.5. The van der Waals surface area contributed by atoms with Crippen LogP contribution in [0.15, 0.2) is 0 Å². The molecule has 0 bridgehead atoms. The van der Waals surface area contributed by atoms with Crippen molar-refractivity contribution >= 4 is 16.9 Å². The molecule has 102 valence electrons. The smallest absolute Gasteiger partial charge is 0.156 e. The van der Waals surface area contributed by atoms with Crippen LogP contribution >= 0.6 is 0 Å². The Morgan fingerprint density at radius 3 is 2.95 bits per heavy atom. The standard InChI is InChI=1S/C13H19N5O/c1-8-11-12(18(3)17-8)13(16-9(2)15-11)14-7-10-5-4-6-19-10/h10H,4-7H2,1-3H3,(H,14,15,16). The molecule has 1 unspecified atom stereocenters. The number of hydrogen-bond donors (Lipinski definition) is 1. The SMILES string of the molecule is Cc1nc(NCC2CCCO2)c2c(n1)c(C)nn2C. The van der Waals surface area contributed by atoms with Crippen LogP contribution in [0.4, 0.5) is 5.82 Å². The second-order valence-corrected chi connectivity index (χ2v) is 5.04. The maximum atomic E-state index is 5.62. The van der Waals surface area contributed by atoms with E-state index in [1.807, 2.05) is 25.6 Å². The number of hydrogen-bond acceptors (Lipinski definition) is 5. The van der Waals surface area contributed by atoms with Gasteiger partial charge >= 0.3 is 0 Å². The molecule has 0 saturated carbocycles. The highest BCUT2D eigenvalue weighted by Crippen LogP contribution is 2.23. The van der Waals surface area contributed by atoms with Gasteiger partial charge in [-0.3, -0.25) is 4.68 Å². The van der Waals surface area contributed by atoms with Gasteiger partial charge in [-0.15, -0.1) is 0 Å². The number of nitrogens with one attached hydrogen (secondary N) is 1. The van der Waals surface area contributed by atoms with Crippen molar-refractivity contribution in [2.24, 2.45) is 7.05 Å². The molecule has 1 aliphatic rings. The van der Waals surface area contributed by atoms with Crippen molar-refractivity contribution in [1.29, 1.82) is 0 Å². The molecule has 2 aromatic rings. The largest absolute Gasteiger partial charge is 0.376 e. The predicted molar refractivity (Wildman–Crippen MR) is 73.2 cm³/mol. The fourth-order valence-electron chi connectivity index (χ4n) is 2.59. The molecule has 6 nitrogen and oxygen atoms in total. The molecule has 1 fully saturated rings. The second kappa shape index (κ2) is 4.77. The van der Waals surface area contributed by atoms with Gasteiger partial charge in [0, 0.05) is 20.2 Å². The Kier molecular flexibility index (Phi) is 3.10. The Balaban J connectivity index is 1.92. The van der Waals surface area contributed by atoms with Gasteiger partial charge in [0.25, 0.3) is 0 Å². The molecule has 6 heteroatoms. The third kappa shape index (κ3) is 2.28. The summed E-state index contributed by atoms with van der Waals surface area (Å²) < 4.78 is 7.46. The van der Waals surface area contributed by atoms with E-state index in [1.165, 1.54) is 0 Å². The van der Waals surface area contributed by atoms with Gasteiger partial charge in [-0.2, -0.15) is 5.10 Å². The van der Waals surface area contributed by atoms with Crippen LogP contribution in [0, 0.1) is 13.8 Å². The summed E-state index contributed by atoms with van der Waals surface area (Å²) in [5.41, 5.74) is 2.81. The van der Waals surface area contributed by atoms with Crippen molar-refractivity contribution in [3.05, 3.63) is 11.5 Å². The van der Waals surface area contributed by atoms with Gasteiger partial charge in [-0.1, -0.05) is 0 Å². The van der Waals surface area contributed by atoms with Crippen LogP contribution in [0.3, 0.4) is 0 Å². The van der Waals surface area contributed by atoms with Gasteiger partial charge in [-0.05, 0) is 26.7 Å². The fraction of sp³-hybridized carbons (Fsp3) is 0.615. The first-order valence-electron chi connectivity index (χ1n) is 6.68. The topological polar surface area (TPSA) is 64.9 Å². The summed E-state index contributed by atoms with van der Waals surface area (Å²) in [6.07, 6.45) is 2.56. The molecule has 1 N–H and O–H groups in total. The van der Waals surface area contributed by atoms with E-state index < -0.39 is 0 Å². The van der Waals surface area contributed by atoms with Crippen molar-refractivity contribution in [3.8, 4) is 0 Å². The zero-order valence-electron chi connectivity index (χ0n) is 11.6. The van der Waals surface area contributed by atoms with Gasteiger partial charge < -0.3 is 10.1 Å². The summed E-state index contributed by atoms with van der Waals surface area (Å²) in [5, 5.41) is 7.80. The molecule has 0 amide bonds. The van der Waals surface area contributed by atoms with Crippen molar-refractivity contribution < 1.29 is 4.74 Å². The third-order valence-corrected chi connectivity index (χ3v) is 3.48. The van der Waals surface area contributed by atoms with E-state index in [0.717, 1.165) is 54.4 Å². The molecule has 19 heavy (non-hydrogen) atoms. The van der Waals surface area contributed by atoms with Gasteiger partial charge in [0.2, 0.25) is 0 Å². The van der Waals surface area contributed by atoms with E-state index in [1.54, 1.807) is 0 Å². The zero-order valence-corrected chi connectivity index (χ0v) is 11.6. The molecule has 0 aliphatic carbocycles. The number of fused-ring (bicyclic) bond motifs is 1. The van der Waals surface area contributed by atoms with E-state index in [4.69, 9.17) is 4.74 Å². The highest BCUT2D eigenvalue weighted by molar-refractivity contribution is 5.87. The number of aromatic nitrogens is 4. The molecule has 1 atom stereocenters. The van der Waals surface area contributed by atoms with Crippen molar-refractivity contribution in [2.45, 2.75) is 32.8 Å². The molecule has 0 radical (unpaired) electrons. The molecule has 0 aromatic carbocycles. The van der Waals surface area contributed by atoms with Crippen LogP contribution in [-0.2, 0) is 11.8 Å². The average molecular weight is 261 g/mol. The lowest BCUT2D eigenvalue weighted by atomic mass is 10.2. The first-order valence-corrected chi connectivity index (χ1v) is 6.68. The van der Waals surface area contributed by atoms with Crippen molar-refractivity contribution in [2.75, 3.05) is 18.5 Å². The number of anilines is 1. The molecule has 1 aliphatic heterocycles. The number of aryl methyl sites for hydroxylation is 3. The van der Waals surface area contributed by atoms with Crippen molar-refractivity contribution in [3.63, 3.8) is 0 Å². The molecule has 3 rings (SSSR count). The molecule has 0 spiro atoms. The van der Waals surface area contributed by atoms with E-state index in [0.29, 0.717) is 6.10 Å². The Morgan fingerprint density at radius 2 is 2.21 bits per heavy atom. The monoisotopic (exact) mass is 261 g/mol. The van der Waals surface area contributed by atoms with E-state index in [2.05, 4.69) is 20.4 Å². The van der Waals surface area contributed by atoms with Gasteiger partial charge in [0.15, 0.2) is 5.82 Å². The van der Waals surface area contributed by atoms with Crippen LogP contribution < -0.4 is 5.32 Å². The Hall–Kier alpha value is -1.69. The first kappa shape index (κ1) is 12.3. The zero-order chi connectivity index (χ0) is 13.4. The first-order chi connectivity index (χ1) is 9.15. The quantitative estimate of drug-likeness (QED) is 0.908. The van der Waals surface area contributed by atoms with Crippen LogP contribution in [0.2, 0.25) is 0 Å². The summed E-state index contributed by atoms with van der Waals surface area (Å²) in [4.78, 5) is 8.97. The maximum Gasteiger partial charge on any atom is 0.156 e. The van der Waals surface area contributed by atoms with Crippen LogP contribution in [-0.4, -0.2) is 39.0 Å². The Morgan fingerprint density at radius 1 is 1.37 bits per heavy atom. The summed E-state index contributed by atoms with van der Waals surface area (Å²) in [6.45, 7) is 5.53. The lowest BCUT2D eigenvalue weighted by Gasteiger charge is -2.12. The van der Waals surface area contributed by atoms with E-state index in [9.17, 15) is 0 Å².